The van der Waals surface area contributed by atoms with Crippen LogP contribution in [0, 0.1) is 0 Å². The Morgan fingerprint density at radius 3 is 2.76 bits per heavy atom. The highest BCUT2D eigenvalue weighted by atomic mass is 32.2. The number of rotatable bonds is 9. The zero-order valence-electron chi connectivity index (χ0n) is 19.2. The van der Waals surface area contributed by atoms with Crippen LogP contribution in [0.25, 0.3) is 0 Å². The number of thioether (sulfide) groups is 1. The minimum Gasteiger partial charge on any atom is -0.485 e. The second-order valence-electron chi connectivity index (χ2n) is 7.90. The number of nitrogens with zero attached hydrogens (tertiary/aromatic N) is 4. The number of hydrogen-bond acceptors (Lipinski definition) is 8. The van der Waals surface area contributed by atoms with Crippen LogP contribution in [0.15, 0.2) is 53.1 Å². The van der Waals surface area contributed by atoms with Crippen molar-refractivity contribution in [3.05, 3.63) is 64.0 Å². The minimum atomic E-state index is -0.0350. The van der Waals surface area contributed by atoms with Crippen molar-refractivity contribution in [3.8, 4) is 5.75 Å². The summed E-state index contributed by atoms with van der Waals surface area (Å²) in [5.74, 6) is 1.50. The summed E-state index contributed by atoms with van der Waals surface area (Å²) in [5, 5.41) is 5.95. The van der Waals surface area contributed by atoms with Crippen LogP contribution in [0.1, 0.15) is 33.3 Å². The van der Waals surface area contributed by atoms with E-state index in [0.717, 1.165) is 30.8 Å². The molecule has 3 aromatic rings. The molecule has 0 radical (unpaired) electrons. The average molecular weight is 484 g/mol. The fourth-order valence-corrected chi connectivity index (χ4v) is 4.89. The van der Waals surface area contributed by atoms with Gasteiger partial charge in [-0.2, -0.15) is 0 Å². The maximum absolute atomic E-state index is 13.2. The van der Waals surface area contributed by atoms with E-state index in [0.29, 0.717) is 29.6 Å². The monoisotopic (exact) mass is 483 g/mol. The van der Waals surface area contributed by atoms with Crippen molar-refractivity contribution in [1.82, 2.24) is 20.2 Å². The van der Waals surface area contributed by atoms with Gasteiger partial charge < -0.3 is 19.9 Å². The van der Waals surface area contributed by atoms with Gasteiger partial charge in [0.1, 0.15) is 23.2 Å². The van der Waals surface area contributed by atoms with Gasteiger partial charge >= 0.3 is 0 Å². The van der Waals surface area contributed by atoms with Gasteiger partial charge in [-0.05, 0) is 49.0 Å². The lowest BCUT2D eigenvalue weighted by atomic mass is 10.1. The average Bonchev–Trinajstić information content (AvgIpc) is 3.35. The molecule has 4 rings (SSSR count). The summed E-state index contributed by atoms with van der Waals surface area (Å²) >= 11 is 3.19. The van der Waals surface area contributed by atoms with Gasteiger partial charge in [0.2, 0.25) is 0 Å². The van der Waals surface area contributed by atoms with E-state index < -0.39 is 0 Å². The molecule has 0 saturated heterocycles. The summed E-state index contributed by atoms with van der Waals surface area (Å²) in [6.07, 6.45) is 4.50. The lowest BCUT2D eigenvalue weighted by Gasteiger charge is -2.22. The molecule has 1 unspecified atom stereocenters. The number of hydrogen-bond donors (Lipinski definition) is 1. The normalized spacial score (nSPS) is 14.7. The second kappa shape index (κ2) is 11.0. The predicted molar refractivity (Wildman–Crippen MR) is 134 cm³/mol. The highest BCUT2D eigenvalue weighted by Crippen LogP contribution is 2.29. The van der Waals surface area contributed by atoms with Gasteiger partial charge in [-0.1, -0.05) is 30.0 Å². The molecule has 0 bridgehead atoms. The van der Waals surface area contributed by atoms with E-state index >= 15 is 0 Å². The molecule has 0 saturated carbocycles. The zero-order chi connectivity index (χ0) is 23.2. The Bertz CT molecular complexity index is 1060. The molecule has 3 heterocycles. The van der Waals surface area contributed by atoms with Gasteiger partial charge in [0.25, 0.3) is 5.91 Å². The van der Waals surface area contributed by atoms with E-state index in [1.165, 1.54) is 16.6 Å². The summed E-state index contributed by atoms with van der Waals surface area (Å²) < 4.78 is 6.29. The molecular weight excluding hydrogens is 454 g/mol. The smallest absolute Gasteiger partial charge is 0.259 e. The van der Waals surface area contributed by atoms with Gasteiger partial charge in [-0.15, -0.1) is 11.3 Å². The Labute approximate surface area is 203 Å². The fourth-order valence-electron chi connectivity index (χ4n) is 3.76. The molecule has 1 aliphatic rings. The van der Waals surface area contributed by atoms with Crippen LogP contribution in [0.3, 0.4) is 0 Å². The van der Waals surface area contributed by atoms with Crippen LogP contribution in [-0.4, -0.2) is 60.8 Å². The first kappa shape index (κ1) is 23.5. The Hall–Kier alpha value is -2.62. The largest absolute Gasteiger partial charge is 0.485 e. The van der Waals surface area contributed by atoms with Crippen molar-refractivity contribution in [3.63, 3.8) is 0 Å². The van der Waals surface area contributed by atoms with E-state index in [-0.39, 0.29) is 12.0 Å². The quantitative estimate of drug-likeness (QED) is 0.363. The Balaban J connectivity index is 1.45. The van der Waals surface area contributed by atoms with E-state index in [1.807, 2.05) is 54.4 Å². The predicted octanol–water partition coefficient (Wildman–Crippen LogP) is 4.08. The van der Waals surface area contributed by atoms with Crippen LogP contribution in [0.2, 0.25) is 0 Å². The molecule has 33 heavy (non-hydrogen) atoms. The lowest BCUT2D eigenvalue weighted by Crippen LogP contribution is -2.33. The summed E-state index contributed by atoms with van der Waals surface area (Å²) in [5.41, 5.74) is 1.61. The molecule has 1 amide bonds. The first-order chi connectivity index (χ1) is 16.1. The van der Waals surface area contributed by atoms with Crippen LogP contribution in [-0.2, 0) is 6.54 Å². The van der Waals surface area contributed by atoms with Crippen LogP contribution >= 0.6 is 23.1 Å². The second-order valence-corrected chi connectivity index (χ2v) is 9.65. The van der Waals surface area contributed by atoms with Crippen molar-refractivity contribution in [2.45, 2.75) is 24.2 Å². The topological polar surface area (TPSA) is 70.6 Å². The molecule has 1 N–H and O–H groups in total. The Morgan fingerprint density at radius 1 is 1.24 bits per heavy atom. The maximum Gasteiger partial charge on any atom is 0.259 e. The standard InChI is InChI=1S/C24H29N5O2S2/c1-25-11-10-20(21-5-4-14-33-21)31-18-8-6-17(7-9-18)16-29-13-12-28(2)22-19(23(29)30)15-26-24(27-22)32-3/h4-9,14-15,20,25H,10-13,16H2,1-3H3. The van der Waals surface area contributed by atoms with Gasteiger partial charge in [0.15, 0.2) is 5.16 Å². The Kier molecular flexibility index (Phi) is 7.85. The summed E-state index contributed by atoms with van der Waals surface area (Å²) in [6, 6.07) is 12.2. The first-order valence-electron chi connectivity index (χ1n) is 10.9. The van der Waals surface area contributed by atoms with Gasteiger partial charge in [-0.3, -0.25) is 4.79 Å². The number of fused-ring (bicyclic) bond motifs is 1. The summed E-state index contributed by atoms with van der Waals surface area (Å²) in [4.78, 5) is 27.2. The van der Waals surface area contributed by atoms with E-state index in [4.69, 9.17) is 4.74 Å². The molecular formula is C24H29N5O2S2. The fraction of sp³-hybridized carbons (Fsp3) is 0.375. The lowest BCUT2D eigenvalue weighted by molar-refractivity contribution is 0.0754. The molecule has 1 aromatic carbocycles. The van der Waals surface area contributed by atoms with Gasteiger partial charge in [-0.25, -0.2) is 9.97 Å². The van der Waals surface area contributed by atoms with E-state index in [9.17, 15) is 4.79 Å². The first-order valence-corrected chi connectivity index (χ1v) is 13.0. The highest BCUT2D eigenvalue weighted by Gasteiger charge is 2.27. The number of carbonyl (C=O) groups excluding carboxylic acids is 1. The van der Waals surface area contributed by atoms with Crippen molar-refractivity contribution < 1.29 is 9.53 Å². The van der Waals surface area contributed by atoms with Crippen LogP contribution in [0.4, 0.5) is 5.82 Å². The minimum absolute atomic E-state index is 0.0219. The number of carbonyl (C=O) groups is 1. The third-order valence-corrected chi connectivity index (χ3v) is 7.13. The van der Waals surface area contributed by atoms with E-state index in [1.54, 1.807) is 17.5 Å². The number of ether oxygens (including phenoxy) is 1. The van der Waals surface area contributed by atoms with Crippen molar-refractivity contribution >= 4 is 34.8 Å². The molecule has 174 valence electrons. The number of amides is 1. The molecule has 1 aliphatic heterocycles. The third kappa shape index (κ3) is 5.66. The van der Waals surface area contributed by atoms with E-state index in [2.05, 4.69) is 32.8 Å². The molecule has 0 fully saturated rings. The van der Waals surface area contributed by atoms with Crippen LogP contribution in [0.5, 0.6) is 5.75 Å². The number of likely N-dealkylation sites (N-methyl/N-ethyl adjacent to an activating group) is 1. The number of anilines is 1. The SMILES string of the molecule is CNCCC(Oc1ccc(CN2CCN(C)c3nc(SC)ncc3C2=O)cc1)c1cccs1. The number of aromatic nitrogens is 2. The van der Waals surface area contributed by atoms with Crippen molar-refractivity contribution in [2.75, 3.05) is 44.9 Å². The highest BCUT2D eigenvalue weighted by molar-refractivity contribution is 7.98. The van der Waals surface area contributed by atoms with Crippen LogP contribution < -0.4 is 15.0 Å². The van der Waals surface area contributed by atoms with Gasteiger partial charge in [0.05, 0.1) is 0 Å². The number of benzene rings is 1. The Morgan fingerprint density at radius 2 is 2.06 bits per heavy atom. The maximum atomic E-state index is 13.2. The van der Waals surface area contributed by atoms with Crippen molar-refractivity contribution in [1.29, 1.82) is 0 Å². The summed E-state index contributed by atoms with van der Waals surface area (Å²) in [7, 11) is 3.92. The molecule has 9 heteroatoms. The zero-order valence-corrected chi connectivity index (χ0v) is 20.8. The molecule has 2 aromatic heterocycles. The van der Waals surface area contributed by atoms with Crippen molar-refractivity contribution in [2.24, 2.45) is 0 Å². The molecule has 0 spiro atoms. The number of thiophene rings is 1. The molecule has 1 atom stereocenters. The molecule has 7 nitrogen and oxygen atoms in total. The molecule has 0 aliphatic carbocycles. The third-order valence-electron chi connectivity index (χ3n) is 5.61. The van der Waals surface area contributed by atoms with Gasteiger partial charge in [0, 0.05) is 44.2 Å². The summed E-state index contributed by atoms with van der Waals surface area (Å²) in [6.45, 7) is 2.77. The number of nitrogens with one attached hydrogen (secondary N) is 1.